The van der Waals surface area contributed by atoms with Gasteiger partial charge in [0.25, 0.3) is 5.91 Å². The van der Waals surface area contributed by atoms with E-state index in [0.29, 0.717) is 6.07 Å². The van der Waals surface area contributed by atoms with Crippen LogP contribution in [0.5, 0.6) is 0 Å². The topological polar surface area (TPSA) is 54.9 Å². The van der Waals surface area contributed by atoms with E-state index in [2.05, 4.69) is 15.3 Å². The fourth-order valence-electron chi connectivity index (χ4n) is 1.30. The summed E-state index contributed by atoms with van der Waals surface area (Å²) in [4.78, 5) is 19.1. The summed E-state index contributed by atoms with van der Waals surface area (Å²) in [7, 11) is 0. The van der Waals surface area contributed by atoms with Crippen molar-refractivity contribution in [2.24, 2.45) is 0 Å². The van der Waals surface area contributed by atoms with Crippen molar-refractivity contribution in [2.45, 2.75) is 0 Å². The van der Waals surface area contributed by atoms with E-state index in [0.717, 1.165) is 18.5 Å². The van der Waals surface area contributed by atoms with E-state index in [1.165, 1.54) is 0 Å². The van der Waals surface area contributed by atoms with Gasteiger partial charge in [-0.15, -0.1) is 0 Å². The largest absolute Gasteiger partial charge is 0.317 e. The van der Waals surface area contributed by atoms with Crippen LogP contribution in [0.3, 0.4) is 0 Å². The lowest BCUT2D eigenvalue weighted by Gasteiger charge is -2.08. The molecule has 0 aliphatic heterocycles. The standard InChI is InChI=1S/C11H5Cl2F2N3O/c12-9-8(10(13)17-4-16-9)18-11(19)6-2-1-5(14)3-7(6)15/h1-4H,(H,18,19). The van der Waals surface area contributed by atoms with Gasteiger partial charge in [-0.3, -0.25) is 4.79 Å². The summed E-state index contributed by atoms with van der Waals surface area (Å²) in [5, 5.41) is 2.09. The summed E-state index contributed by atoms with van der Waals surface area (Å²) in [6.45, 7) is 0. The summed E-state index contributed by atoms with van der Waals surface area (Å²) in [6.07, 6.45) is 1.11. The van der Waals surface area contributed by atoms with E-state index in [9.17, 15) is 13.6 Å². The van der Waals surface area contributed by atoms with Gasteiger partial charge in [0.1, 0.15) is 23.6 Å². The van der Waals surface area contributed by atoms with Gasteiger partial charge in [0.05, 0.1) is 5.56 Å². The molecule has 8 heteroatoms. The van der Waals surface area contributed by atoms with Crippen LogP contribution in [0, 0.1) is 11.6 Å². The number of hydrogen-bond acceptors (Lipinski definition) is 3. The minimum Gasteiger partial charge on any atom is -0.317 e. The lowest BCUT2D eigenvalue weighted by molar-refractivity contribution is 0.102. The highest BCUT2D eigenvalue weighted by atomic mass is 35.5. The predicted molar refractivity (Wildman–Crippen MR) is 66.4 cm³/mol. The van der Waals surface area contributed by atoms with Crippen LogP contribution >= 0.6 is 23.2 Å². The average Bonchev–Trinajstić information content (AvgIpc) is 2.33. The van der Waals surface area contributed by atoms with Crippen molar-refractivity contribution in [1.82, 2.24) is 9.97 Å². The lowest BCUT2D eigenvalue weighted by atomic mass is 10.2. The molecule has 1 heterocycles. The van der Waals surface area contributed by atoms with E-state index in [-0.39, 0.29) is 21.6 Å². The molecule has 0 aliphatic carbocycles. The number of benzene rings is 1. The second-order valence-corrected chi connectivity index (χ2v) is 4.12. The number of halogens is 4. The van der Waals surface area contributed by atoms with Crippen LogP contribution in [0.15, 0.2) is 24.5 Å². The quantitative estimate of drug-likeness (QED) is 0.866. The maximum Gasteiger partial charge on any atom is 0.258 e. The third kappa shape index (κ3) is 2.97. The Labute approximate surface area is 116 Å². The number of rotatable bonds is 2. The van der Waals surface area contributed by atoms with Gasteiger partial charge in [-0.2, -0.15) is 0 Å². The van der Waals surface area contributed by atoms with Gasteiger partial charge in [0.2, 0.25) is 0 Å². The predicted octanol–water partition coefficient (Wildman–Crippen LogP) is 3.31. The van der Waals surface area contributed by atoms with Gasteiger partial charge in [0, 0.05) is 6.07 Å². The molecule has 0 spiro atoms. The van der Waals surface area contributed by atoms with Crippen LogP contribution in [-0.4, -0.2) is 15.9 Å². The minimum atomic E-state index is -0.999. The van der Waals surface area contributed by atoms with Crippen LogP contribution < -0.4 is 5.32 Å². The van der Waals surface area contributed by atoms with Crippen molar-refractivity contribution < 1.29 is 13.6 Å². The molecule has 0 atom stereocenters. The first-order valence-electron chi connectivity index (χ1n) is 4.91. The van der Waals surface area contributed by atoms with Gasteiger partial charge >= 0.3 is 0 Å². The molecule has 98 valence electrons. The minimum absolute atomic E-state index is 0.0421. The molecule has 2 rings (SSSR count). The molecule has 0 bridgehead atoms. The number of nitrogens with one attached hydrogen (secondary N) is 1. The first-order chi connectivity index (χ1) is 8.99. The molecule has 0 fully saturated rings. The smallest absolute Gasteiger partial charge is 0.258 e. The SMILES string of the molecule is O=C(Nc1c(Cl)ncnc1Cl)c1ccc(F)cc1F. The zero-order chi connectivity index (χ0) is 14.0. The van der Waals surface area contributed by atoms with E-state index < -0.39 is 17.5 Å². The fourth-order valence-corrected chi connectivity index (χ4v) is 1.71. The van der Waals surface area contributed by atoms with Crippen molar-refractivity contribution in [2.75, 3.05) is 5.32 Å². The highest BCUT2D eigenvalue weighted by Crippen LogP contribution is 2.26. The van der Waals surface area contributed by atoms with Crippen LogP contribution in [0.1, 0.15) is 10.4 Å². The molecule has 1 N–H and O–H groups in total. The molecule has 1 amide bonds. The van der Waals surface area contributed by atoms with E-state index >= 15 is 0 Å². The zero-order valence-corrected chi connectivity index (χ0v) is 10.6. The number of anilines is 1. The first kappa shape index (κ1) is 13.6. The molecule has 1 aromatic heterocycles. The Hall–Kier alpha value is -1.79. The summed E-state index contributed by atoms with van der Waals surface area (Å²) in [5.41, 5.74) is -0.392. The normalized spacial score (nSPS) is 10.3. The second-order valence-electron chi connectivity index (χ2n) is 3.41. The van der Waals surface area contributed by atoms with Crippen LogP contribution in [0.2, 0.25) is 10.3 Å². The van der Waals surface area contributed by atoms with E-state index in [4.69, 9.17) is 23.2 Å². The molecule has 2 aromatic rings. The molecule has 0 saturated heterocycles. The third-order valence-electron chi connectivity index (χ3n) is 2.17. The van der Waals surface area contributed by atoms with Crippen molar-refractivity contribution in [3.8, 4) is 0 Å². The molecule has 0 unspecified atom stereocenters. The Morgan fingerprint density at radius 2 is 1.79 bits per heavy atom. The number of nitrogens with zero attached hydrogens (tertiary/aromatic N) is 2. The van der Waals surface area contributed by atoms with E-state index in [1.54, 1.807) is 0 Å². The van der Waals surface area contributed by atoms with Crippen molar-refractivity contribution in [1.29, 1.82) is 0 Å². The Morgan fingerprint density at radius 3 is 2.37 bits per heavy atom. The van der Waals surface area contributed by atoms with Crippen LogP contribution in [-0.2, 0) is 0 Å². The number of carbonyl (C=O) groups is 1. The van der Waals surface area contributed by atoms with Gasteiger partial charge in [0.15, 0.2) is 10.3 Å². The second kappa shape index (κ2) is 5.46. The highest BCUT2D eigenvalue weighted by molar-refractivity contribution is 6.38. The summed E-state index contributed by atoms with van der Waals surface area (Å²) in [6, 6.07) is 2.56. The Balaban J connectivity index is 2.31. The fraction of sp³-hybridized carbons (Fsp3) is 0. The Kier molecular flexibility index (Phi) is 3.92. The van der Waals surface area contributed by atoms with Crippen LogP contribution in [0.25, 0.3) is 0 Å². The summed E-state index contributed by atoms with van der Waals surface area (Å²) in [5.74, 6) is -2.62. The van der Waals surface area contributed by atoms with Crippen LogP contribution in [0.4, 0.5) is 14.5 Å². The monoisotopic (exact) mass is 303 g/mol. The molecular weight excluding hydrogens is 299 g/mol. The average molecular weight is 304 g/mol. The van der Waals surface area contributed by atoms with Crippen molar-refractivity contribution >= 4 is 34.8 Å². The first-order valence-corrected chi connectivity index (χ1v) is 5.67. The van der Waals surface area contributed by atoms with Gasteiger partial charge in [-0.25, -0.2) is 18.7 Å². The molecule has 0 aliphatic rings. The number of hydrogen-bond donors (Lipinski definition) is 1. The molecular formula is C11H5Cl2F2N3O. The molecule has 1 aromatic carbocycles. The summed E-state index contributed by atoms with van der Waals surface area (Å²) >= 11 is 11.4. The van der Waals surface area contributed by atoms with E-state index in [1.807, 2.05) is 0 Å². The van der Waals surface area contributed by atoms with Gasteiger partial charge in [-0.1, -0.05) is 23.2 Å². The maximum absolute atomic E-state index is 13.4. The molecule has 19 heavy (non-hydrogen) atoms. The number of carbonyl (C=O) groups excluding carboxylic acids is 1. The van der Waals surface area contributed by atoms with Gasteiger partial charge in [-0.05, 0) is 12.1 Å². The van der Waals surface area contributed by atoms with Gasteiger partial charge < -0.3 is 5.32 Å². The summed E-state index contributed by atoms with van der Waals surface area (Å²) < 4.78 is 26.1. The lowest BCUT2D eigenvalue weighted by Crippen LogP contribution is -2.15. The Bertz CT molecular complexity index is 632. The van der Waals surface area contributed by atoms with Crippen molar-refractivity contribution in [3.63, 3.8) is 0 Å². The highest BCUT2D eigenvalue weighted by Gasteiger charge is 2.16. The Morgan fingerprint density at radius 1 is 1.16 bits per heavy atom. The zero-order valence-electron chi connectivity index (χ0n) is 9.12. The number of aromatic nitrogens is 2. The maximum atomic E-state index is 13.4. The molecule has 0 radical (unpaired) electrons. The molecule has 0 saturated carbocycles. The number of amides is 1. The van der Waals surface area contributed by atoms with Crippen molar-refractivity contribution in [3.05, 3.63) is 52.0 Å². The molecule has 4 nitrogen and oxygen atoms in total. The third-order valence-corrected chi connectivity index (χ3v) is 2.74.